The van der Waals surface area contributed by atoms with Crippen LogP contribution in [0.2, 0.25) is 5.02 Å². The Kier molecular flexibility index (Phi) is 5.07. The Morgan fingerprint density at radius 3 is 2.78 bits per heavy atom. The van der Waals surface area contributed by atoms with E-state index in [9.17, 15) is 4.79 Å². The SMILES string of the molecule is O=C(COc1ccccc1Cl)Nc1nonc1-c1ccc2c(c1)CCCC2. The fourth-order valence-corrected chi connectivity index (χ4v) is 3.40. The van der Waals surface area contributed by atoms with E-state index in [0.717, 1.165) is 18.4 Å². The van der Waals surface area contributed by atoms with Crippen molar-refractivity contribution in [2.75, 3.05) is 11.9 Å². The Labute approximate surface area is 161 Å². The predicted molar refractivity (Wildman–Crippen MR) is 102 cm³/mol. The van der Waals surface area contributed by atoms with Gasteiger partial charge in [-0.05, 0) is 65.3 Å². The topological polar surface area (TPSA) is 77.2 Å². The highest BCUT2D eigenvalue weighted by Gasteiger charge is 2.18. The van der Waals surface area contributed by atoms with Crippen LogP contribution in [-0.2, 0) is 17.6 Å². The summed E-state index contributed by atoms with van der Waals surface area (Å²) in [6, 6.07) is 13.2. The molecule has 1 aliphatic rings. The van der Waals surface area contributed by atoms with Crippen molar-refractivity contribution in [3.05, 3.63) is 58.6 Å². The van der Waals surface area contributed by atoms with E-state index in [1.807, 2.05) is 6.07 Å². The smallest absolute Gasteiger partial charge is 0.263 e. The van der Waals surface area contributed by atoms with Crippen molar-refractivity contribution in [3.8, 4) is 17.0 Å². The molecule has 138 valence electrons. The van der Waals surface area contributed by atoms with Gasteiger partial charge in [0.25, 0.3) is 5.91 Å². The number of fused-ring (bicyclic) bond motifs is 1. The van der Waals surface area contributed by atoms with E-state index in [2.05, 4.69) is 27.8 Å². The molecule has 1 amide bonds. The van der Waals surface area contributed by atoms with Crippen molar-refractivity contribution >= 4 is 23.3 Å². The number of hydrogen-bond acceptors (Lipinski definition) is 5. The Bertz CT molecular complexity index is 971. The number of nitrogens with zero attached hydrogens (tertiary/aromatic N) is 2. The molecule has 0 bridgehead atoms. The normalized spacial score (nSPS) is 13.1. The average Bonchev–Trinajstić information content (AvgIpc) is 3.15. The van der Waals surface area contributed by atoms with Crippen LogP contribution in [0.4, 0.5) is 5.82 Å². The van der Waals surface area contributed by atoms with Gasteiger partial charge in [0.1, 0.15) is 5.75 Å². The zero-order chi connectivity index (χ0) is 18.6. The Balaban J connectivity index is 1.46. The van der Waals surface area contributed by atoms with E-state index in [4.69, 9.17) is 21.0 Å². The minimum atomic E-state index is -0.371. The second kappa shape index (κ2) is 7.80. The first-order valence-electron chi connectivity index (χ1n) is 8.82. The number of carbonyl (C=O) groups excluding carboxylic acids is 1. The average molecular weight is 384 g/mol. The lowest BCUT2D eigenvalue weighted by atomic mass is 9.90. The molecule has 0 spiro atoms. The molecular weight excluding hydrogens is 366 g/mol. The van der Waals surface area contributed by atoms with Crippen molar-refractivity contribution < 1.29 is 14.2 Å². The summed E-state index contributed by atoms with van der Waals surface area (Å²) in [6.07, 6.45) is 4.58. The van der Waals surface area contributed by atoms with Gasteiger partial charge in [-0.15, -0.1) is 0 Å². The van der Waals surface area contributed by atoms with Crippen LogP contribution < -0.4 is 10.1 Å². The quantitative estimate of drug-likeness (QED) is 0.711. The molecule has 4 rings (SSSR count). The maximum absolute atomic E-state index is 12.2. The summed E-state index contributed by atoms with van der Waals surface area (Å²) >= 11 is 6.02. The number of amides is 1. The van der Waals surface area contributed by atoms with E-state index in [1.54, 1.807) is 24.3 Å². The predicted octanol–water partition coefficient (Wildman–Crippen LogP) is 4.29. The minimum Gasteiger partial charge on any atom is -0.482 e. The standard InChI is InChI=1S/C20H18ClN3O3/c21-16-7-3-4-8-17(16)26-12-18(25)22-20-19(23-27-24-20)15-10-9-13-5-1-2-6-14(13)11-15/h3-4,7-11H,1-2,5-6,12H2,(H,22,24,25). The number of anilines is 1. The molecule has 3 aromatic rings. The van der Waals surface area contributed by atoms with Crippen LogP contribution in [0.25, 0.3) is 11.3 Å². The summed E-state index contributed by atoms with van der Waals surface area (Å²) in [7, 11) is 0. The van der Waals surface area contributed by atoms with Gasteiger partial charge in [-0.3, -0.25) is 4.79 Å². The molecule has 27 heavy (non-hydrogen) atoms. The molecular formula is C20H18ClN3O3. The Morgan fingerprint density at radius 2 is 1.93 bits per heavy atom. The third-order valence-electron chi connectivity index (χ3n) is 4.56. The molecule has 1 heterocycles. The lowest BCUT2D eigenvalue weighted by Gasteiger charge is -2.16. The molecule has 0 atom stereocenters. The molecule has 2 aromatic carbocycles. The third-order valence-corrected chi connectivity index (χ3v) is 4.88. The zero-order valence-corrected chi connectivity index (χ0v) is 15.3. The van der Waals surface area contributed by atoms with E-state index in [-0.39, 0.29) is 18.3 Å². The summed E-state index contributed by atoms with van der Waals surface area (Å²) in [5, 5.41) is 10.9. The second-order valence-corrected chi connectivity index (χ2v) is 6.83. The number of benzene rings is 2. The zero-order valence-electron chi connectivity index (χ0n) is 14.6. The molecule has 0 aliphatic heterocycles. The van der Waals surface area contributed by atoms with Gasteiger partial charge in [-0.25, -0.2) is 4.63 Å². The van der Waals surface area contributed by atoms with Gasteiger partial charge in [0, 0.05) is 5.56 Å². The van der Waals surface area contributed by atoms with Gasteiger partial charge >= 0.3 is 0 Å². The molecule has 0 saturated carbocycles. The molecule has 0 saturated heterocycles. The number of ether oxygens (including phenoxy) is 1. The third kappa shape index (κ3) is 3.95. The van der Waals surface area contributed by atoms with E-state index in [1.165, 1.54) is 24.0 Å². The Morgan fingerprint density at radius 1 is 1.11 bits per heavy atom. The van der Waals surface area contributed by atoms with Crippen molar-refractivity contribution in [2.45, 2.75) is 25.7 Å². The number of para-hydroxylation sites is 1. The highest BCUT2D eigenvalue weighted by Crippen LogP contribution is 2.30. The van der Waals surface area contributed by atoms with Crippen LogP contribution in [0.15, 0.2) is 47.1 Å². The van der Waals surface area contributed by atoms with Crippen LogP contribution in [0, 0.1) is 0 Å². The second-order valence-electron chi connectivity index (χ2n) is 6.42. The fourth-order valence-electron chi connectivity index (χ4n) is 3.21. The largest absolute Gasteiger partial charge is 0.482 e. The number of nitrogens with one attached hydrogen (secondary N) is 1. The highest BCUT2D eigenvalue weighted by molar-refractivity contribution is 6.32. The van der Waals surface area contributed by atoms with Crippen LogP contribution in [0.5, 0.6) is 5.75 Å². The maximum Gasteiger partial charge on any atom is 0.263 e. The molecule has 1 aromatic heterocycles. The van der Waals surface area contributed by atoms with E-state index < -0.39 is 0 Å². The van der Waals surface area contributed by atoms with E-state index >= 15 is 0 Å². The van der Waals surface area contributed by atoms with Crippen molar-refractivity contribution in [2.24, 2.45) is 0 Å². The number of aromatic nitrogens is 2. The van der Waals surface area contributed by atoms with Gasteiger partial charge in [0.2, 0.25) is 5.82 Å². The van der Waals surface area contributed by atoms with E-state index in [0.29, 0.717) is 16.5 Å². The van der Waals surface area contributed by atoms with Gasteiger partial charge in [-0.2, -0.15) is 0 Å². The fraction of sp³-hybridized carbons (Fsp3) is 0.250. The molecule has 7 heteroatoms. The number of aryl methyl sites for hydroxylation is 2. The van der Waals surface area contributed by atoms with Crippen molar-refractivity contribution in [1.82, 2.24) is 10.3 Å². The summed E-state index contributed by atoms with van der Waals surface area (Å²) in [6.45, 7) is -0.194. The molecule has 1 aliphatic carbocycles. The van der Waals surface area contributed by atoms with Crippen molar-refractivity contribution in [1.29, 1.82) is 0 Å². The van der Waals surface area contributed by atoms with Crippen molar-refractivity contribution in [3.63, 3.8) is 0 Å². The van der Waals surface area contributed by atoms with Gasteiger partial charge in [-0.1, -0.05) is 35.9 Å². The Hall–Kier alpha value is -2.86. The van der Waals surface area contributed by atoms with Crippen LogP contribution in [0.1, 0.15) is 24.0 Å². The number of hydrogen-bond donors (Lipinski definition) is 1. The molecule has 0 unspecified atom stereocenters. The van der Waals surface area contributed by atoms with Crippen LogP contribution in [0.3, 0.4) is 0 Å². The molecule has 0 fully saturated rings. The summed E-state index contributed by atoms with van der Waals surface area (Å²) in [5.41, 5.74) is 4.08. The first kappa shape index (κ1) is 17.5. The minimum absolute atomic E-state index is 0.194. The molecule has 1 N–H and O–H groups in total. The van der Waals surface area contributed by atoms with Gasteiger partial charge in [0.05, 0.1) is 5.02 Å². The van der Waals surface area contributed by atoms with Gasteiger partial charge < -0.3 is 10.1 Å². The summed E-state index contributed by atoms with van der Waals surface area (Å²) in [5.74, 6) is 0.353. The molecule has 0 radical (unpaired) electrons. The first-order valence-corrected chi connectivity index (χ1v) is 9.20. The number of halogens is 1. The first-order chi connectivity index (χ1) is 13.2. The highest BCUT2D eigenvalue weighted by atomic mass is 35.5. The monoisotopic (exact) mass is 383 g/mol. The van der Waals surface area contributed by atoms with Crippen LogP contribution in [-0.4, -0.2) is 22.8 Å². The lowest BCUT2D eigenvalue weighted by Crippen LogP contribution is -2.20. The maximum atomic E-state index is 12.2. The lowest BCUT2D eigenvalue weighted by molar-refractivity contribution is -0.118. The summed E-state index contributed by atoms with van der Waals surface area (Å²) in [4.78, 5) is 12.2. The summed E-state index contributed by atoms with van der Waals surface area (Å²) < 4.78 is 10.3. The number of carbonyl (C=O) groups is 1. The number of rotatable bonds is 5. The molecule has 6 nitrogen and oxygen atoms in total. The van der Waals surface area contributed by atoms with Crippen LogP contribution >= 0.6 is 11.6 Å². The van der Waals surface area contributed by atoms with Gasteiger partial charge in [0.15, 0.2) is 12.3 Å².